The zero-order valence-electron chi connectivity index (χ0n) is 26.8. The van der Waals surface area contributed by atoms with Crippen LogP contribution in [0.5, 0.6) is 0 Å². The lowest BCUT2D eigenvalue weighted by Gasteiger charge is -2.11. The van der Waals surface area contributed by atoms with Crippen LogP contribution >= 0.6 is 0 Å². The highest BCUT2D eigenvalue weighted by molar-refractivity contribution is 6.17. The fourth-order valence-corrected chi connectivity index (χ4v) is 7.26. The first-order chi connectivity index (χ1) is 24.8. The molecule has 10 aromatic rings. The van der Waals surface area contributed by atoms with Crippen LogP contribution in [-0.2, 0) is 0 Å². The van der Waals surface area contributed by atoms with Crippen molar-refractivity contribution in [3.05, 3.63) is 170 Å². The Kier molecular flexibility index (Phi) is 6.39. The van der Waals surface area contributed by atoms with E-state index in [2.05, 4.69) is 111 Å². The number of rotatable bonds is 5. The van der Waals surface area contributed by atoms with E-state index in [4.69, 9.17) is 15.0 Å². The van der Waals surface area contributed by atoms with E-state index in [1.165, 1.54) is 10.8 Å². The summed E-state index contributed by atoms with van der Waals surface area (Å²) < 4.78 is 4.49. The van der Waals surface area contributed by atoms with Gasteiger partial charge >= 0.3 is 0 Å². The molecule has 4 heterocycles. The van der Waals surface area contributed by atoms with Crippen molar-refractivity contribution in [2.45, 2.75) is 0 Å². The molecule has 0 radical (unpaired) electrons. The van der Waals surface area contributed by atoms with Crippen LogP contribution in [0.1, 0.15) is 0 Å². The van der Waals surface area contributed by atoms with E-state index in [-0.39, 0.29) is 0 Å². The van der Waals surface area contributed by atoms with Crippen molar-refractivity contribution in [1.82, 2.24) is 29.1 Å². The number of hydrogen-bond acceptors (Lipinski definition) is 4. The largest absolute Gasteiger partial charge is 0.308 e. The third kappa shape index (κ3) is 4.43. The molecule has 0 saturated heterocycles. The van der Waals surface area contributed by atoms with Gasteiger partial charge in [-0.3, -0.25) is 9.55 Å². The molecule has 4 aromatic heterocycles. The van der Waals surface area contributed by atoms with E-state index in [1.54, 1.807) is 0 Å². The van der Waals surface area contributed by atoms with Crippen LogP contribution in [0.15, 0.2) is 170 Å². The van der Waals surface area contributed by atoms with E-state index in [9.17, 15) is 0 Å². The molecule has 0 saturated carbocycles. The normalized spacial score (nSPS) is 11.6. The fourth-order valence-electron chi connectivity index (χ4n) is 7.26. The number of aromatic nitrogens is 6. The third-order valence-corrected chi connectivity index (χ3v) is 9.48. The highest BCUT2D eigenvalue weighted by atomic mass is 15.2. The van der Waals surface area contributed by atoms with E-state index >= 15 is 0 Å². The summed E-state index contributed by atoms with van der Waals surface area (Å²) in [4.78, 5) is 19.7. The predicted octanol–water partition coefficient (Wildman–Crippen LogP) is 10.5. The van der Waals surface area contributed by atoms with Gasteiger partial charge in [-0.25, -0.2) is 4.98 Å². The molecular weight excluding hydrogens is 613 g/mol. The minimum Gasteiger partial charge on any atom is -0.308 e. The van der Waals surface area contributed by atoms with Gasteiger partial charge in [0.25, 0.3) is 0 Å². The summed E-state index contributed by atoms with van der Waals surface area (Å²) in [5.74, 6) is 1.84. The zero-order valence-corrected chi connectivity index (χ0v) is 26.8. The predicted molar refractivity (Wildman–Crippen MR) is 203 cm³/mol. The molecule has 10 rings (SSSR count). The number of benzene rings is 6. The van der Waals surface area contributed by atoms with Gasteiger partial charge in [0.2, 0.25) is 5.95 Å². The van der Waals surface area contributed by atoms with Gasteiger partial charge in [0, 0.05) is 44.6 Å². The molecule has 0 aliphatic heterocycles. The fraction of sp³-hybridized carbons (Fsp3) is 0. The standard InChI is InChI=1S/C44H28N6/c1-4-13-29(14-5-1)42-46-43(30-15-6-2-7-16-30)48-44(47-42)50-37-21-11-10-19-36(37)41-33(20-12-22-38(41)50)31-23-24-34-35-25-26-45-28-40(35)49(39(34)27-31)32-17-8-3-9-18-32/h1-28H. The molecule has 6 heteroatoms. The van der Waals surface area contributed by atoms with Gasteiger partial charge in [0.05, 0.1) is 28.3 Å². The summed E-state index contributed by atoms with van der Waals surface area (Å²) in [5.41, 5.74) is 9.52. The van der Waals surface area contributed by atoms with Crippen LogP contribution in [-0.4, -0.2) is 29.1 Å². The minimum absolute atomic E-state index is 0.577. The van der Waals surface area contributed by atoms with E-state index < -0.39 is 0 Å². The van der Waals surface area contributed by atoms with E-state index in [0.717, 1.165) is 60.8 Å². The highest BCUT2D eigenvalue weighted by Crippen LogP contribution is 2.40. The Morgan fingerprint density at radius 3 is 1.78 bits per heavy atom. The molecule has 234 valence electrons. The highest BCUT2D eigenvalue weighted by Gasteiger charge is 2.21. The Hall–Kier alpha value is -6.92. The second-order valence-corrected chi connectivity index (χ2v) is 12.4. The monoisotopic (exact) mass is 640 g/mol. The summed E-state index contributed by atoms with van der Waals surface area (Å²) in [6, 6.07) is 54.7. The van der Waals surface area contributed by atoms with Crippen molar-refractivity contribution >= 4 is 43.6 Å². The average Bonchev–Trinajstić information content (AvgIpc) is 3.71. The Morgan fingerprint density at radius 1 is 0.400 bits per heavy atom. The topological polar surface area (TPSA) is 61.4 Å². The maximum absolute atomic E-state index is 5.12. The summed E-state index contributed by atoms with van der Waals surface area (Å²) >= 11 is 0. The molecule has 0 fully saturated rings. The van der Waals surface area contributed by atoms with Gasteiger partial charge in [-0.1, -0.05) is 121 Å². The van der Waals surface area contributed by atoms with Crippen molar-refractivity contribution in [3.63, 3.8) is 0 Å². The minimum atomic E-state index is 0.577. The zero-order chi connectivity index (χ0) is 33.0. The first kappa shape index (κ1) is 28.1. The lowest BCUT2D eigenvalue weighted by molar-refractivity contribution is 0.953. The Morgan fingerprint density at radius 2 is 1.04 bits per heavy atom. The molecule has 0 unspecified atom stereocenters. The smallest absolute Gasteiger partial charge is 0.238 e. The van der Waals surface area contributed by atoms with Crippen LogP contribution in [0.4, 0.5) is 0 Å². The Balaban J connectivity index is 1.24. The van der Waals surface area contributed by atoms with Crippen LogP contribution < -0.4 is 0 Å². The Labute approximate surface area is 287 Å². The molecule has 6 nitrogen and oxygen atoms in total. The third-order valence-electron chi connectivity index (χ3n) is 9.48. The first-order valence-electron chi connectivity index (χ1n) is 16.7. The van der Waals surface area contributed by atoms with Crippen LogP contribution in [0, 0.1) is 0 Å². The van der Waals surface area contributed by atoms with Crippen molar-refractivity contribution < 1.29 is 0 Å². The van der Waals surface area contributed by atoms with Crippen molar-refractivity contribution in [2.24, 2.45) is 0 Å². The maximum Gasteiger partial charge on any atom is 0.238 e. The number of pyridine rings is 1. The quantitative estimate of drug-likeness (QED) is 0.188. The van der Waals surface area contributed by atoms with Crippen LogP contribution in [0.25, 0.3) is 89.2 Å². The lowest BCUT2D eigenvalue weighted by atomic mass is 9.98. The van der Waals surface area contributed by atoms with E-state index in [1.807, 2.05) is 73.1 Å². The molecule has 0 bridgehead atoms. The Bertz CT molecular complexity index is 2800. The molecule has 0 aliphatic rings. The van der Waals surface area contributed by atoms with Gasteiger partial charge in [-0.05, 0) is 47.5 Å². The van der Waals surface area contributed by atoms with Gasteiger partial charge < -0.3 is 4.57 Å². The summed E-state index contributed by atoms with van der Waals surface area (Å²) in [6.07, 6.45) is 3.83. The number of hydrogen-bond donors (Lipinski definition) is 0. The van der Waals surface area contributed by atoms with Gasteiger partial charge in [0.1, 0.15) is 0 Å². The number of para-hydroxylation sites is 2. The van der Waals surface area contributed by atoms with Crippen molar-refractivity contribution in [1.29, 1.82) is 0 Å². The number of fused-ring (bicyclic) bond motifs is 6. The SMILES string of the molecule is c1ccc(-c2nc(-c3ccccc3)nc(-n3c4ccccc4c4c(-c5ccc6c7ccncc7n(-c7ccccc7)c6c5)cccc43)n2)cc1. The first-order valence-corrected chi connectivity index (χ1v) is 16.7. The van der Waals surface area contributed by atoms with Gasteiger partial charge in [-0.15, -0.1) is 0 Å². The molecule has 6 aromatic carbocycles. The molecular formula is C44H28N6. The second kappa shape index (κ2) is 11.4. The lowest BCUT2D eigenvalue weighted by Crippen LogP contribution is -2.06. The molecule has 0 atom stereocenters. The average molecular weight is 641 g/mol. The van der Waals surface area contributed by atoms with Crippen LogP contribution in [0.3, 0.4) is 0 Å². The van der Waals surface area contributed by atoms with Gasteiger partial charge in [-0.2, -0.15) is 9.97 Å². The van der Waals surface area contributed by atoms with Crippen molar-refractivity contribution in [3.8, 4) is 45.5 Å². The van der Waals surface area contributed by atoms with Crippen LogP contribution in [0.2, 0.25) is 0 Å². The number of nitrogens with zero attached hydrogens (tertiary/aromatic N) is 6. The summed E-state index contributed by atoms with van der Waals surface area (Å²) in [5, 5.41) is 4.65. The molecule has 50 heavy (non-hydrogen) atoms. The van der Waals surface area contributed by atoms with Crippen molar-refractivity contribution in [2.75, 3.05) is 0 Å². The molecule has 0 N–H and O–H groups in total. The summed E-state index contributed by atoms with van der Waals surface area (Å²) in [6.45, 7) is 0. The molecule has 0 aliphatic carbocycles. The summed E-state index contributed by atoms with van der Waals surface area (Å²) in [7, 11) is 0. The maximum atomic E-state index is 5.12. The molecule has 0 spiro atoms. The van der Waals surface area contributed by atoms with Gasteiger partial charge in [0.15, 0.2) is 11.6 Å². The molecule has 0 amide bonds. The second-order valence-electron chi connectivity index (χ2n) is 12.4. The van der Waals surface area contributed by atoms with E-state index in [0.29, 0.717) is 17.6 Å².